The molecule has 2 aromatic carbocycles. The third-order valence-electron chi connectivity index (χ3n) is 7.62. The number of carbonyl (C=O) groups is 1. The van der Waals surface area contributed by atoms with Gasteiger partial charge in [-0.1, -0.05) is 61.3 Å². The number of amides is 1. The van der Waals surface area contributed by atoms with Crippen molar-refractivity contribution >= 4 is 46.0 Å². The summed E-state index contributed by atoms with van der Waals surface area (Å²) in [5, 5.41) is 8.42. The summed E-state index contributed by atoms with van der Waals surface area (Å²) < 4.78 is 5.24. The standard InChI is InChI=1S/C28H27Cl2N5O3S/c1-15(2)21-22(25(36)34-14-4-5-20(34)24-32-33-27(37)38-24)39-26-31-28(3,17-8-12-19(30)13-9-17)23(35(21)26)16-6-10-18(29)11-7-16/h6-13,15,20,23H,4-5,14H2,1-3H3,(H,33,37)/t20-,23+,28-/m0/s1. The fourth-order valence-electron chi connectivity index (χ4n) is 5.85. The topological polar surface area (TPSA) is 94.8 Å². The van der Waals surface area contributed by atoms with E-state index in [1.807, 2.05) is 48.5 Å². The van der Waals surface area contributed by atoms with E-state index in [1.165, 1.54) is 11.8 Å². The number of carbonyl (C=O) groups excluding carboxylic acids is 1. The Morgan fingerprint density at radius 2 is 1.79 bits per heavy atom. The molecular weight excluding hydrogens is 557 g/mol. The molecule has 6 rings (SSSR count). The molecule has 3 aromatic rings. The molecule has 0 unspecified atom stereocenters. The first-order chi connectivity index (χ1) is 18.7. The van der Waals surface area contributed by atoms with Gasteiger partial charge in [-0.05, 0) is 72.8 Å². The van der Waals surface area contributed by atoms with Crippen molar-refractivity contribution in [3.63, 3.8) is 0 Å². The van der Waals surface area contributed by atoms with Gasteiger partial charge < -0.3 is 14.2 Å². The fraction of sp³-hybridized carbons (Fsp3) is 0.357. The number of aliphatic imine (C=N–C) groups is 1. The molecule has 11 heteroatoms. The lowest BCUT2D eigenvalue weighted by Gasteiger charge is -2.37. The fourth-order valence-corrected chi connectivity index (χ4v) is 7.46. The summed E-state index contributed by atoms with van der Waals surface area (Å²) in [4.78, 5) is 35.6. The van der Waals surface area contributed by atoms with E-state index in [-0.39, 0.29) is 29.8 Å². The molecule has 0 radical (unpaired) electrons. The minimum atomic E-state index is -0.635. The molecule has 1 amide bonds. The summed E-state index contributed by atoms with van der Waals surface area (Å²) in [5.41, 5.74) is 2.36. The summed E-state index contributed by atoms with van der Waals surface area (Å²) in [5.74, 6) is -0.440. The van der Waals surface area contributed by atoms with Gasteiger partial charge in [0.25, 0.3) is 5.91 Å². The summed E-state index contributed by atoms with van der Waals surface area (Å²) >= 11 is 13.9. The second-order valence-electron chi connectivity index (χ2n) is 10.5. The highest BCUT2D eigenvalue weighted by Crippen LogP contribution is 2.56. The van der Waals surface area contributed by atoms with Gasteiger partial charge in [-0.2, -0.15) is 0 Å². The van der Waals surface area contributed by atoms with Gasteiger partial charge in [0.1, 0.15) is 16.5 Å². The Morgan fingerprint density at radius 1 is 1.13 bits per heavy atom. The molecule has 3 aliphatic rings. The number of fused-ring (bicyclic) bond motifs is 1. The first kappa shape index (κ1) is 26.2. The Morgan fingerprint density at radius 3 is 2.41 bits per heavy atom. The Hall–Kier alpha value is -3.01. The van der Waals surface area contributed by atoms with Gasteiger partial charge in [0.05, 0.1) is 6.04 Å². The molecule has 0 spiro atoms. The number of benzene rings is 2. The second kappa shape index (κ2) is 9.87. The molecule has 3 atom stereocenters. The quantitative estimate of drug-likeness (QED) is 0.380. The maximum Gasteiger partial charge on any atom is 0.434 e. The number of amidine groups is 1. The van der Waals surface area contributed by atoms with Crippen molar-refractivity contribution in [1.82, 2.24) is 20.0 Å². The molecule has 8 nitrogen and oxygen atoms in total. The summed E-state index contributed by atoms with van der Waals surface area (Å²) in [6, 6.07) is 15.0. The van der Waals surface area contributed by atoms with E-state index in [2.05, 4.69) is 35.9 Å². The van der Waals surface area contributed by atoms with E-state index < -0.39 is 11.3 Å². The van der Waals surface area contributed by atoms with Crippen LogP contribution in [-0.4, -0.2) is 37.6 Å². The van der Waals surface area contributed by atoms with E-state index in [4.69, 9.17) is 32.6 Å². The third-order valence-corrected chi connectivity index (χ3v) is 9.18. The molecule has 0 saturated carbocycles. The number of aromatic nitrogens is 2. The SMILES string of the molecule is CC(C)C1=C(C(=O)N2CCC[C@H]2c2n[nH]c(=O)o2)SC2=N[C@@](C)(c3ccc(Cl)cc3)[C@@H](c3ccc(Cl)cc3)N21. The van der Waals surface area contributed by atoms with Gasteiger partial charge in [-0.25, -0.2) is 14.9 Å². The first-order valence-corrected chi connectivity index (χ1v) is 14.4. The minimum absolute atomic E-state index is 0.0379. The predicted molar refractivity (Wildman–Crippen MR) is 153 cm³/mol. The van der Waals surface area contributed by atoms with Gasteiger partial charge in [0.15, 0.2) is 5.17 Å². The van der Waals surface area contributed by atoms with E-state index in [0.29, 0.717) is 27.9 Å². The van der Waals surface area contributed by atoms with Crippen LogP contribution in [0.1, 0.15) is 62.7 Å². The van der Waals surface area contributed by atoms with Crippen LogP contribution in [0.2, 0.25) is 10.0 Å². The number of likely N-dealkylation sites (tertiary alicyclic amines) is 1. The predicted octanol–water partition coefficient (Wildman–Crippen LogP) is 6.28. The molecule has 0 aliphatic carbocycles. The van der Waals surface area contributed by atoms with Gasteiger partial charge in [-0.3, -0.25) is 4.79 Å². The molecule has 1 aromatic heterocycles. The molecule has 4 heterocycles. The van der Waals surface area contributed by atoms with Crippen molar-refractivity contribution in [1.29, 1.82) is 0 Å². The molecule has 39 heavy (non-hydrogen) atoms. The van der Waals surface area contributed by atoms with Crippen molar-refractivity contribution in [3.05, 3.63) is 96.7 Å². The molecule has 202 valence electrons. The maximum atomic E-state index is 14.1. The van der Waals surface area contributed by atoms with Gasteiger partial charge in [0.2, 0.25) is 5.89 Å². The van der Waals surface area contributed by atoms with Crippen LogP contribution in [0, 0.1) is 5.92 Å². The highest BCUT2D eigenvalue weighted by Gasteiger charge is 2.53. The number of nitrogens with one attached hydrogen (secondary N) is 1. The lowest BCUT2D eigenvalue weighted by Crippen LogP contribution is -2.37. The molecular formula is C28H27Cl2N5O3S. The number of nitrogens with zero attached hydrogens (tertiary/aromatic N) is 4. The number of hydrogen-bond donors (Lipinski definition) is 1. The monoisotopic (exact) mass is 583 g/mol. The van der Waals surface area contributed by atoms with Gasteiger partial charge in [0, 0.05) is 22.3 Å². The van der Waals surface area contributed by atoms with Crippen molar-refractivity contribution in [3.8, 4) is 0 Å². The zero-order chi connectivity index (χ0) is 27.5. The number of hydrogen-bond acceptors (Lipinski definition) is 7. The van der Waals surface area contributed by atoms with Crippen LogP contribution in [-0.2, 0) is 10.3 Å². The molecule has 1 saturated heterocycles. The summed E-state index contributed by atoms with van der Waals surface area (Å²) in [6.45, 7) is 6.87. The number of thioether (sulfide) groups is 1. The van der Waals surface area contributed by atoms with E-state index >= 15 is 0 Å². The lowest BCUT2D eigenvalue weighted by molar-refractivity contribution is -0.127. The highest BCUT2D eigenvalue weighted by molar-refractivity contribution is 8.18. The smallest absolute Gasteiger partial charge is 0.390 e. The second-order valence-corrected chi connectivity index (χ2v) is 12.3. The lowest BCUT2D eigenvalue weighted by atomic mass is 9.81. The van der Waals surface area contributed by atoms with Gasteiger partial charge >= 0.3 is 5.76 Å². The number of aromatic amines is 1. The normalized spacial score (nSPS) is 24.6. The van der Waals surface area contributed by atoms with Crippen LogP contribution < -0.4 is 5.76 Å². The summed E-state index contributed by atoms with van der Waals surface area (Å²) in [7, 11) is 0. The Kier molecular flexibility index (Phi) is 6.64. The Labute approximate surface area is 240 Å². The van der Waals surface area contributed by atoms with E-state index in [1.54, 1.807) is 4.90 Å². The Balaban J connectivity index is 1.44. The summed E-state index contributed by atoms with van der Waals surface area (Å²) in [6.07, 6.45) is 1.48. The van der Waals surface area contributed by atoms with Crippen LogP contribution in [0.5, 0.6) is 0 Å². The zero-order valence-electron chi connectivity index (χ0n) is 21.6. The Bertz CT molecular complexity index is 1550. The number of rotatable bonds is 5. The van der Waals surface area contributed by atoms with Gasteiger partial charge in [-0.15, -0.1) is 5.10 Å². The molecule has 3 aliphatic heterocycles. The van der Waals surface area contributed by atoms with Crippen LogP contribution in [0.25, 0.3) is 0 Å². The zero-order valence-corrected chi connectivity index (χ0v) is 24.0. The highest BCUT2D eigenvalue weighted by atomic mass is 35.5. The number of halogens is 2. The third kappa shape index (κ3) is 4.40. The molecule has 0 bridgehead atoms. The average molecular weight is 585 g/mol. The number of allylic oxidation sites excluding steroid dienone is 1. The minimum Gasteiger partial charge on any atom is -0.390 e. The van der Waals surface area contributed by atoms with Crippen molar-refractivity contribution in [2.45, 2.75) is 51.2 Å². The first-order valence-electron chi connectivity index (χ1n) is 12.9. The number of H-pyrrole nitrogens is 1. The van der Waals surface area contributed by atoms with E-state index in [9.17, 15) is 9.59 Å². The van der Waals surface area contributed by atoms with Crippen LogP contribution in [0.3, 0.4) is 0 Å². The van der Waals surface area contributed by atoms with E-state index in [0.717, 1.165) is 28.4 Å². The van der Waals surface area contributed by atoms with Crippen molar-refractivity contribution in [2.75, 3.05) is 6.54 Å². The van der Waals surface area contributed by atoms with Crippen LogP contribution in [0.4, 0.5) is 0 Å². The molecule has 1 N–H and O–H groups in total. The van der Waals surface area contributed by atoms with Crippen LogP contribution in [0.15, 0.2) is 73.3 Å². The van der Waals surface area contributed by atoms with Crippen LogP contribution >= 0.6 is 35.0 Å². The largest absolute Gasteiger partial charge is 0.434 e. The van der Waals surface area contributed by atoms with Crippen molar-refractivity contribution < 1.29 is 9.21 Å². The molecule has 1 fully saturated rings. The maximum absolute atomic E-state index is 14.1. The average Bonchev–Trinajstić information content (AvgIpc) is 3.67. The van der Waals surface area contributed by atoms with Crippen molar-refractivity contribution in [2.24, 2.45) is 10.9 Å².